The Kier molecular flexibility index (Phi) is 3.88. The Morgan fingerprint density at radius 2 is 1.85 bits per heavy atom. The highest BCUT2D eigenvalue weighted by Crippen LogP contribution is 2.72. The van der Waals surface area contributed by atoms with E-state index >= 15 is 0 Å². The Bertz CT molecular complexity index is 669. The second kappa shape index (κ2) is 5.59. The Morgan fingerprint density at radius 3 is 2.50 bits per heavy atom. The van der Waals surface area contributed by atoms with Gasteiger partial charge >= 0.3 is 11.9 Å². The molecule has 0 amide bonds. The number of rotatable bonds is 2. The molecule has 4 saturated carbocycles. The Morgan fingerprint density at radius 1 is 1.12 bits per heavy atom. The summed E-state index contributed by atoms with van der Waals surface area (Å²) in [5.74, 6) is 0.242. The lowest BCUT2D eigenvalue weighted by molar-refractivity contribution is -0.195. The largest absolute Gasteiger partial charge is 0.481 e. The van der Waals surface area contributed by atoms with E-state index in [-0.39, 0.29) is 28.8 Å². The highest BCUT2D eigenvalue weighted by Gasteiger charge is 2.68. The van der Waals surface area contributed by atoms with Gasteiger partial charge < -0.3 is 9.84 Å². The molecule has 0 aliphatic heterocycles. The summed E-state index contributed by atoms with van der Waals surface area (Å²) in [6, 6.07) is 0. The number of carbonyl (C=O) groups excluding carboxylic acids is 1. The van der Waals surface area contributed by atoms with E-state index in [1.54, 1.807) is 0 Å². The molecule has 2 bridgehead atoms. The Hall–Kier alpha value is -1.32. The van der Waals surface area contributed by atoms with Crippen molar-refractivity contribution in [3.8, 4) is 0 Å². The van der Waals surface area contributed by atoms with Crippen LogP contribution in [0.25, 0.3) is 0 Å². The lowest BCUT2D eigenvalue weighted by Gasteiger charge is -2.63. The molecule has 4 heteroatoms. The molecule has 0 aromatic heterocycles. The summed E-state index contributed by atoms with van der Waals surface area (Å²) >= 11 is 0. The summed E-state index contributed by atoms with van der Waals surface area (Å²) in [7, 11) is 0. The number of hydrogen-bond donors (Lipinski definition) is 1. The second-order valence-corrected chi connectivity index (χ2v) is 10.0. The van der Waals surface area contributed by atoms with E-state index in [2.05, 4.69) is 13.5 Å². The molecule has 0 aromatic rings. The highest BCUT2D eigenvalue weighted by atomic mass is 16.5. The van der Waals surface area contributed by atoms with E-state index in [4.69, 9.17) is 4.74 Å². The Labute approximate surface area is 156 Å². The zero-order valence-corrected chi connectivity index (χ0v) is 16.3. The number of ether oxygens (including phenoxy) is 1. The van der Waals surface area contributed by atoms with Crippen LogP contribution in [-0.4, -0.2) is 23.1 Å². The fourth-order valence-electron chi connectivity index (χ4n) is 7.95. The van der Waals surface area contributed by atoms with Crippen molar-refractivity contribution in [2.45, 2.75) is 78.2 Å². The van der Waals surface area contributed by atoms with Gasteiger partial charge in [-0.1, -0.05) is 19.9 Å². The molecule has 0 aromatic carbocycles. The van der Waals surface area contributed by atoms with Crippen LogP contribution < -0.4 is 0 Å². The van der Waals surface area contributed by atoms with Gasteiger partial charge in [0.05, 0.1) is 5.41 Å². The fraction of sp³-hybridized carbons (Fsp3) is 0.818. The average molecular weight is 360 g/mol. The smallest absolute Gasteiger partial charge is 0.309 e. The van der Waals surface area contributed by atoms with Gasteiger partial charge in [-0.3, -0.25) is 9.59 Å². The normalized spacial score (nSPS) is 49.9. The van der Waals surface area contributed by atoms with Crippen LogP contribution >= 0.6 is 0 Å². The summed E-state index contributed by atoms with van der Waals surface area (Å²) in [6.07, 6.45) is 7.86. The maximum atomic E-state index is 12.2. The van der Waals surface area contributed by atoms with Crippen LogP contribution in [0.1, 0.15) is 72.1 Å². The average Bonchev–Trinajstić information content (AvgIpc) is 2.75. The predicted octanol–water partition coefficient (Wildman–Crippen LogP) is 4.58. The van der Waals surface area contributed by atoms with Gasteiger partial charge in [-0.25, -0.2) is 0 Å². The molecule has 4 nitrogen and oxygen atoms in total. The van der Waals surface area contributed by atoms with Gasteiger partial charge in [0.15, 0.2) is 0 Å². The molecule has 4 unspecified atom stereocenters. The van der Waals surface area contributed by atoms with E-state index in [0.717, 1.165) is 56.9 Å². The van der Waals surface area contributed by atoms with Gasteiger partial charge in [-0.05, 0) is 80.6 Å². The minimum absolute atomic E-state index is 0.0115. The van der Waals surface area contributed by atoms with Crippen LogP contribution in [0.5, 0.6) is 0 Å². The maximum Gasteiger partial charge on any atom is 0.309 e. The number of aliphatic carboxylic acids is 1. The van der Waals surface area contributed by atoms with E-state index in [1.165, 1.54) is 6.92 Å². The maximum absolute atomic E-state index is 12.2. The minimum atomic E-state index is -0.634. The van der Waals surface area contributed by atoms with E-state index in [9.17, 15) is 14.7 Å². The summed E-state index contributed by atoms with van der Waals surface area (Å²) in [5, 5.41) is 10.0. The molecule has 1 spiro atoms. The lowest BCUT2D eigenvalue weighted by Crippen LogP contribution is -2.60. The monoisotopic (exact) mass is 360 g/mol. The van der Waals surface area contributed by atoms with Gasteiger partial charge in [-0.15, -0.1) is 0 Å². The van der Waals surface area contributed by atoms with Crippen LogP contribution in [-0.2, 0) is 14.3 Å². The van der Waals surface area contributed by atoms with Gasteiger partial charge in [-0.2, -0.15) is 0 Å². The predicted molar refractivity (Wildman–Crippen MR) is 98.4 cm³/mol. The third-order valence-corrected chi connectivity index (χ3v) is 8.95. The molecule has 0 heterocycles. The number of fused-ring (bicyclic) bond motifs is 3. The standard InChI is InChI=1S/C22H32O4/c1-13-15-6-7-17-20(3)9-5-10-21(4,19(24)25)16(20)8-11-22(17,12-15)18(13)26-14(2)23/h15-18H,1,5-12H2,2-4H3,(H,24,25)/t15?,16?,17?,18?,20-,21-,22-/m1/s1. The summed E-state index contributed by atoms with van der Waals surface area (Å²) in [4.78, 5) is 24.0. The molecule has 144 valence electrons. The molecule has 26 heavy (non-hydrogen) atoms. The topological polar surface area (TPSA) is 63.6 Å². The van der Waals surface area contributed by atoms with Gasteiger partial charge in [0, 0.05) is 12.3 Å². The molecule has 0 radical (unpaired) electrons. The zero-order valence-electron chi connectivity index (χ0n) is 16.3. The summed E-state index contributed by atoms with van der Waals surface area (Å²) in [5.41, 5.74) is 0.477. The fourth-order valence-corrected chi connectivity index (χ4v) is 7.95. The number of carboxylic acids is 1. The van der Waals surface area contributed by atoms with Crippen LogP contribution in [0, 0.1) is 34.0 Å². The van der Waals surface area contributed by atoms with E-state index in [1.807, 2.05) is 6.92 Å². The van der Waals surface area contributed by atoms with Crippen LogP contribution in [0.15, 0.2) is 12.2 Å². The molecule has 4 rings (SSSR count). The van der Waals surface area contributed by atoms with Crippen LogP contribution in [0.2, 0.25) is 0 Å². The van der Waals surface area contributed by atoms with Crippen LogP contribution in [0.3, 0.4) is 0 Å². The molecule has 7 atom stereocenters. The first kappa shape index (κ1) is 18.1. The third kappa shape index (κ3) is 2.13. The molecule has 4 fully saturated rings. The minimum Gasteiger partial charge on any atom is -0.481 e. The molecular weight excluding hydrogens is 328 g/mol. The molecule has 0 saturated heterocycles. The highest BCUT2D eigenvalue weighted by molar-refractivity contribution is 5.75. The number of esters is 1. The van der Waals surface area contributed by atoms with Crippen molar-refractivity contribution in [1.82, 2.24) is 0 Å². The quantitative estimate of drug-likeness (QED) is 0.578. The number of carboxylic acid groups (broad SMARTS) is 1. The number of hydrogen-bond acceptors (Lipinski definition) is 3. The van der Waals surface area contributed by atoms with Crippen molar-refractivity contribution >= 4 is 11.9 Å². The first-order chi connectivity index (χ1) is 12.1. The first-order valence-corrected chi connectivity index (χ1v) is 10.2. The van der Waals surface area contributed by atoms with E-state index < -0.39 is 11.4 Å². The SMILES string of the molecule is C=C1C2CCC3[C@]4(C)CCC[C@@](C)(C(=O)O)C4CC[C@]3(C2)C1OC(C)=O. The van der Waals surface area contributed by atoms with Crippen molar-refractivity contribution in [1.29, 1.82) is 0 Å². The molecule has 4 aliphatic carbocycles. The lowest BCUT2D eigenvalue weighted by atomic mass is 9.40. The number of carbonyl (C=O) groups is 2. The molecule has 1 N–H and O–H groups in total. The first-order valence-electron chi connectivity index (χ1n) is 10.2. The molecule has 4 aliphatic rings. The zero-order chi connectivity index (χ0) is 18.9. The van der Waals surface area contributed by atoms with E-state index in [0.29, 0.717) is 11.8 Å². The van der Waals surface area contributed by atoms with Gasteiger partial charge in [0.25, 0.3) is 0 Å². The van der Waals surface area contributed by atoms with Crippen molar-refractivity contribution in [3.63, 3.8) is 0 Å². The Balaban J connectivity index is 1.77. The van der Waals surface area contributed by atoms with Gasteiger partial charge in [0.1, 0.15) is 6.10 Å². The summed E-state index contributed by atoms with van der Waals surface area (Å²) < 4.78 is 5.87. The van der Waals surface area contributed by atoms with Gasteiger partial charge in [0.2, 0.25) is 0 Å². The second-order valence-electron chi connectivity index (χ2n) is 10.0. The summed E-state index contributed by atoms with van der Waals surface area (Å²) in [6.45, 7) is 10.1. The molecular formula is C22H32O4. The van der Waals surface area contributed by atoms with Crippen LogP contribution in [0.4, 0.5) is 0 Å². The van der Waals surface area contributed by atoms with Crippen molar-refractivity contribution in [2.24, 2.45) is 34.0 Å². The van der Waals surface area contributed by atoms with Crippen molar-refractivity contribution in [3.05, 3.63) is 12.2 Å². The van der Waals surface area contributed by atoms with Crippen molar-refractivity contribution in [2.75, 3.05) is 0 Å². The third-order valence-electron chi connectivity index (χ3n) is 8.95. The van der Waals surface area contributed by atoms with Crippen molar-refractivity contribution < 1.29 is 19.4 Å².